The molecule has 0 bridgehead atoms. The number of hydrogen-bond acceptors (Lipinski definition) is 4. The van der Waals surface area contributed by atoms with E-state index in [1.54, 1.807) is 4.90 Å². The van der Waals surface area contributed by atoms with Crippen LogP contribution in [0.15, 0.2) is 0 Å². The second-order valence-electron chi connectivity index (χ2n) is 7.55. The quantitative estimate of drug-likeness (QED) is 0.544. The van der Waals surface area contributed by atoms with E-state index in [0.717, 1.165) is 38.5 Å². The molecule has 0 amide bonds. The first kappa shape index (κ1) is 18.8. The second-order valence-corrected chi connectivity index (χ2v) is 7.55. The smallest absolute Gasteiger partial charge is 0.330 e. The van der Waals surface area contributed by atoms with Gasteiger partial charge < -0.3 is 4.74 Å². The van der Waals surface area contributed by atoms with Gasteiger partial charge in [0.1, 0.15) is 11.6 Å². The van der Waals surface area contributed by atoms with Crippen LogP contribution in [0.1, 0.15) is 80.1 Å². The van der Waals surface area contributed by atoms with E-state index in [1.807, 2.05) is 20.8 Å². The molecule has 0 aromatic carbocycles. The summed E-state index contributed by atoms with van der Waals surface area (Å²) in [6.45, 7) is 12.3. The lowest BCUT2D eigenvalue weighted by atomic mass is 9.74. The summed E-state index contributed by atoms with van der Waals surface area (Å²) in [5.41, 5.74) is -0.223. The van der Waals surface area contributed by atoms with Crippen molar-refractivity contribution in [2.45, 2.75) is 97.8 Å². The molecule has 2 atom stereocenters. The average molecular weight is 308 g/mol. The summed E-state index contributed by atoms with van der Waals surface area (Å²) in [7, 11) is 0. The van der Waals surface area contributed by atoms with Crippen molar-refractivity contribution in [1.29, 1.82) is 5.26 Å². The Kier molecular flexibility index (Phi) is 6.28. The molecule has 1 rings (SSSR count). The van der Waals surface area contributed by atoms with E-state index in [-0.39, 0.29) is 17.4 Å². The molecule has 1 aliphatic heterocycles. The Balaban J connectivity index is 2.82. The zero-order valence-electron chi connectivity index (χ0n) is 15.1. The Morgan fingerprint density at radius 3 is 2.14 bits per heavy atom. The van der Waals surface area contributed by atoms with E-state index in [9.17, 15) is 10.1 Å². The minimum absolute atomic E-state index is 0.169. The van der Waals surface area contributed by atoms with Gasteiger partial charge in [0.25, 0.3) is 0 Å². The predicted octanol–water partition coefficient (Wildman–Crippen LogP) is 4.25. The summed E-state index contributed by atoms with van der Waals surface area (Å²) in [6, 6.07) is -0.236. The SMILES string of the molecule is CCC(CC)(CC)CC1CCC(C(=O)OC(C)(C)C)N1C#N. The van der Waals surface area contributed by atoms with Crippen LogP contribution >= 0.6 is 0 Å². The Morgan fingerprint density at radius 2 is 1.73 bits per heavy atom. The van der Waals surface area contributed by atoms with Gasteiger partial charge in [0.2, 0.25) is 0 Å². The fraction of sp³-hybridized carbons (Fsp3) is 0.889. The highest BCUT2D eigenvalue weighted by Gasteiger charge is 2.42. The highest BCUT2D eigenvalue weighted by Crippen LogP contribution is 2.40. The topological polar surface area (TPSA) is 53.3 Å². The maximum absolute atomic E-state index is 12.3. The third kappa shape index (κ3) is 4.38. The Morgan fingerprint density at radius 1 is 1.18 bits per heavy atom. The zero-order valence-corrected chi connectivity index (χ0v) is 15.1. The van der Waals surface area contributed by atoms with E-state index in [1.165, 1.54) is 0 Å². The Hall–Kier alpha value is -1.24. The maximum atomic E-state index is 12.3. The van der Waals surface area contributed by atoms with Gasteiger partial charge in [-0.1, -0.05) is 40.0 Å². The van der Waals surface area contributed by atoms with Gasteiger partial charge in [-0.15, -0.1) is 0 Å². The molecule has 0 aromatic rings. The van der Waals surface area contributed by atoms with Crippen molar-refractivity contribution >= 4 is 5.97 Å². The highest BCUT2D eigenvalue weighted by atomic mass is 16.6. The Bertz CT molecular complexity index is 408. The van der Waals surface area contributed by atoms with Crippen LogP contribution in [0.25, 0.3) is 0 Å². The lowest BCUT2D eigenvalue weighted by Gasteiger charge is -2.36. The van der Waals surface area contributed by atoms with Gasteiger partial charge in [0.05, 0.1) is 0 Å². The molecular formula is C18H32N2O2. The summed E-state index contributed by atoms with van der Waals surface area (Å²) in [6.07, 6.45) is 8.23. The Labute approximate surface area is 135 Å². The normalized spacial score (nSPS) is 22.5. The average Bonchev–Trinajstić information content (AvgIpc) is 2.85. The lowest BCUT2D eigenvalue weighted by molar-refractivity contribution is -0.159. The van der Waals surface area contributed by atoms with Gasteiger partial charge in [-0.25, -0.2) is 4.79 Å². The lowest BCUT2D eigenvalue weighted by Crippen LogP contribution is -2.42. The number of likely N-dealkylation sites (tertiary alicyclic amines) is 1. The third-order valence-electron chi connectivity index (χ3n) is 5.22. The molecule has 126 valence electrons. The summed E-state index contributed by atoms with van der Waals surface area (Å²) in [5.74, 6) is -0.258. The van der Waals surface area contributed by atoms with Gasteiger partial charge in [0, 0.05) is 6.04 Å². The van der Waals surface area contributed by atoms with Gasteiger partial charge in [0.15, 0.2) is 6.19 Å². The molecule has 0 aliphatic carbocycles. The molecule has 4 heteroatoms. The molecule has 22 heavy (non-hydrogen) atoms. The second kappa shape index (κ2) is 7.35. The molecule has 1 saturated heterocycles. The van der Waals surface area contributed by atoms with Crippen LogP contribution in [0.3, 0.4) is 0 Å². The van der Waals surface area contributed by atoms with E-state index >= 15 is 0 Å². The number of hydrogen-bond donors (Lipinski definition) is 0. The van der Waals surface area contributed by atoms with E-state index < -0.39 is 11.6 Å². The van der Waals surface area contributed by atoms with Gasteiger partial charge >= 0.3 is 5.97 Å². The molecule has 4 nitrogen and oxygen atoms in total. The van der Waals surface area contributed by atoms with Crippen LogP contribution in [-0.2, 0) is 9.53 Å². The molecule has 0 spiro atoms. The van der Waals surface area contributed by atoms with E-state index in [2.05, 4.69) is 27.0 Å². The van der Waals surface area contributed by atoms with Gasteiger partial charge in [-0.05, 0) is 45.4 Å². The first-order valence-corrected chi connectivity index (χ1v) is 8.62. The first-order valence-electron chi connectivity index (χ1n) is 8.62. The van der Waals surface area contributed by atoms with Crippen molar-refractivity contribution in [3.8, 4) is 6.19 Å². The molecule has 1 heterocycles. The summed E-state index contributed by atoms with van der Waals surface area (Å²) in [4.78, 5) is 14.0. The van der Waals surface area contributed by atoms with Gasteiger partial charge in [-0.2, -0.15) is 5.26 Å². The van der Waals surface area contributed by atoms with Crippen LogP contribution in [0.4, 0.5) is 0 Å². The molecule has 0 radical (unpaired) electrons. The van der Waals surface area contributed by atoms with Crippen LogP contribution in [0.5, 0.6) is 0 Å². The molecule has 0 N–H and O–H groups in total. The standard InChI is InChI=1S/C18H32N2O2/c1-7-18(8-2,9-3)12-14-10-11-15(20(14)13-19)16(21)22-17(4,5)6/h14-15H,7-12H2,1-6H3. The summed E-state index contributed by atoms with van der Waals surface area (Å²) in [5, 5.41) is 9.54. The van der Waals surface area contributed by atoms with Crippen molar-refractivity contribution in [2.24, 2.45) is 5.41 Å². The monoisotopic (exact) mass is 308 g/mol. The molecule has 0 saturated carbocycles. The number of ether oxygens (including phenoxy) is 1. The third-order valence-corrected chi connectivity index (χ3v) is 5.22. The molecule has 1 aliphatic rings. The number of carbonyl (C=O) groups is 1. The largest absolute Gasteiger partial charge is 0.458 e. The number of rotatable bonds is 6. The number of nitrogens with zero attached hydrogens (tertiary/aromatic N) is 2. The van der Waals surface area contributed by atoms with E-state index in [0.29, 0.717) is 0 Å². The van der Waals surface area contributed by atoms with Crippen molar-refractivity contribution in [3.63, 3.8) is 0 Å². The fourth-order valence-electron chi connectivity index (χ4n) is 3.52. The van der Waals surface area contributed by atoms with Crippen molar-refractivity contribution in [1.82, 2.24) is 4.90 Å². The predicted molar refractivity (Wildman–Crippen MR) is 88.0 cm³/mol. The van der Waals surface area contributed by atoms with Gasteiger partial charge in [-0.3, -0.25) is 4.90 Å². The number of esters is 1. The highest BCUT2D eigenvalue weighted by molar-refractivity contribution is 5.77. The summed E-state index contributed by atoms with van der Waals surface area (Å²) >= 11 is 0. The number of nitriles is 1. The molecule has 1 fully saturated rings. The maximum Gasteiger partial charge on any atom is 0.330 e. The van der Waals surface area contributed by atoms with Crippen LogP contribution < -0.4 is 0 Å². The minimum Gasteiger partial charge on any atom is -0.458 e. The van der Waals surface area contributed by atoms with Crippen molar-refractivity contribution in [3.05, 3.63) is 0 Å². The number of carbonyl (C=O) groups excluding carboxylic acids is 1. The van der Waals surface area contributed by atoms with E-state index in [4.69, 9.17) is 4.74 Å². The van der Waals surface area contributed by atoms with Crippen LogP contribution in [-0.4, -0.2) is 28.6 Å². The fourth-order valence-corrected chi connectivity index (χ4v) is 3.52. The van der Waals surface area contributed by atoms with Crippen molar-refractivity contribution < 1.29 is 9.53 Å². The molecule has 0 aromatic heterocycles. The van der Waals surface area contributed by atoms with Crippen LogP contribution in [0, 0.1) is 16.9 Å². The zero-order chi connectivity index (χ0) is 17.0. The molecule has 2 unspecified atom stereocenters. The molecular weight excluding hydrogens is 276 g/mol. The van der Waals surface area contributed by atoms with Crippen LogP contribution in [0.2, 0.25) is 0 Å². The minimum atomic E-state index is -0.504. The first-order chi connectivity index (χ1) is 10.2. The van der Waals surface area contributed by atoms with Crippen molar-refractivity contribution in [2.75, 3.05) is 0 Å². The summed E-state index contributed by atoms with van der Waals surface area (Å²) < 4.78 is 5.48.